The highest BCUT2D eigenvalue weighted by Crippen LogP contribution is 2.32. The van der Waals surface area contributed by atoms with Crippen LogP contribution in [0.2, 0.25) is 5.02 Å². The highest BCUT2D eigenvalue weighted by molar-refractivity contribution is 6.33. The highest BCUT2D eigenvalue weighted by atomic mass is 35.5. The molecule has 2 rings (SSSR count). The van der Waals surface area contributed by atoms with Crippen molar-refractivity contribution in [3.05, 3.63) is 23.2 Å². The van der Waals surface area contributed by atoms with E-state index < -0.39 is 0 Å². The van der Waals surface area contributed by atoms with Gasteiger partial charge in [-0.15, -0.1) is 0 Å². The summed E-state index contributed by atoms with van der Waals surface area (Å²) in [5.74, 6) is 0. The fraction of sp³-hybridized carbons (Fsp3) is 0.400. The minimum absolute atomic E-state index is 0.571. The molecule has 0 amide bonds. The van der Waals surface area contributed by atoms with E-state index in [1.807, 2.05) is 18.2 Å². The Morgan fingerprint density at radius 2 is 2.15 bits per heavy atom. The molecule has 3 heteroatoms. The van der Waals surface area contributed by atoms with Gasteiger partial charge in [-0.2, -0.15) is 0 Å². The number of anilines is 2. The minimum Gasteiger partial charge on any atom is -0.397 e. The van der Waals surface area contributed by atoms with Gasteiger partial charge < -0.3 is 11.1 Å². The van der Waals surface area contributed by atoms with Gasteiger partial charge in [-0.25, -0.2) is 0 Å². The number of hydrogen-bond acceptors (Lipinski definition) is 2. The number of nitrogen functional groups attached to an aromatic ring is 1. The third kappa shape index (κ3) is 1.73. The van der Waals surface area contributed by atoms with Crippen molar-refractivity contribution in [2.75, 3.05) is 11.1 Å². The molecule has 0 bridgehead atoms. The van der Waals surface area contributed by atoms with Gasteiger partial charge in [-0.3, -0.25) is 0 Å². The summed E-state index contributed by atoms with van der Waals surface area (Å²) in [6.07, 6.45) is 3.76. The summed E-state index contributed by atoms with van der Waals surface area (Å²) in [7, 11) is 0. The van der Waals surface area contributed by atoms with Crippen molar-refractivity contribution in [3.8, 4) is 0 Å². The third-order valence-electron chi connectivity index (χ3n) is 2.50. The molecule has 1 aliphatic rings. The molecule has 0 aromatic heterocycles. The van der Waals surface area contributed by atoms with E-state index in [1.54, 1.807) is 0 Å². The Balaban J connectivity index is 2.17. The van der Waals surface area contributed by atoms with Crippen LogP contribution in [-0.4, -0.2) is 6.04 Å². The molecule has 1 saturated carbocycles. The quantitative estimate of drug-likeness (QED) is 0.714. The smallest absolute Gasteiger partial charge is 0.0765 e. The maximum absolute atomic E-state index is 6.01. The molecule has 0 spiro atoms. The molecule has 0 unspecified atom stereocenters. The van der Waals surface area contributed by atoms with Crippen LogP contribution in [0.1, 0.15) is 19.3 Å². The average Bonchev–Trinajstić information content (AvgIpc) is 2.00. The fourth-order valence-electron chi connectivity index (χ4n) is 1.45. The second-order valence-electron chi connectivity index (χ2n) is 3.48. The van der Waals surface area contributed by atoms with Gasteiger partial charge in [-0.1, -0.05) is 17.7 Å². The van der Waals surface area contributed by atoms with Gasteiger partial charge in [-0.05, 0) is 31.4 Å². The van der Waals surface area contributed by atoms with Crippen LogP contribution in [0.5, 0.6) is 0 Å². The Labute approximate surface area is 83.1 Å². The molecule has 1 fully saturated rings. The number of hydrogen-bond donors (Lipinski definition) is 2. The lowest BCUT2D eigenvalue weighted by Crippen LogP contribution is -2.27. The number of benzene rings is 1. The van der Waals surface area contributed by atoms with E-state index in [4.69, 9.17) is 17.3 Å². The van der Waals surface area contributed by atoms with Gasteiger partial charge >= 0.3 is 0 Å². The standard InChI is InChI=1S/C10H13ClN2/c11-8-5-2-6-9(12)10(8)13-7-3-1-4-7/h2,5-7,13H,1,3-4,12H2. The van der Waals surface area contributed by atoms with Gasteiger partial charge in [0.05, 0.1) is 16.4 Å². The largest absolute Gasteiger partial charge is 0.397 e. The zero-order chi connectivity index (χ0) is 9.26. The van der Waals surface area contributed by atoms with E-state index in [2.05, 4.69) is 5.32 Å². The normalized spacial score (nSPS) is 16.7. The number of nitrogens with one attached hydrogen (secondary N) is 1. The zero-order valence-electron chi connectivity index (χ0n) is 7.39. The molecule has 0 atom stereocenters. The zero-order valence-corrected chi connectivity index (χ0v) is 8.14. The van der Waals surface area contributed by atoms with Crippen LogP contribution in [-0.2, 0) is 0 Å². The summed E-state index contributed by atoms with van der Waals surface area (Å²) in [6.45, 7) is 0. The van der Waals surface area contributed by atoms with Crippen LogP contribution in [0.15, 0.2) is 18.2 Å². The lowest BCUT2D eigenvalue weighted by atomic mass is 9.93. The Morgan fingerprint density at radius 1 is 1.38 bits per heavy atom. The predicted octanol–water partition coefficient (Wildman–Crippen LogP) is 2.89. The van der Waals surface area contributed by atoms with Gasteiger partial charge in [0.2, 0.25) is 0 Å². The molecule has 0 aliphatic heterocycles. The Hall–Kier alpha value is -0.890. The number of halogens is 1. The monoisotopic (exact) mass is 196 g/mol. The fourth-order valence-corrected chi connectivity index (χ4v) is 1.69. The molecular formula is C10H13ClN2. The van der Waals surface area contributed by atoms with Gasteiger partial charge in [0.1, 0.15) is 0 Å². The van der Waals surface area contributed by atoms with Crippen LogP contribution < -0.4 is 11.1 Å². The first-order valence-electron chi connectivity index (χ1n) is 4.58. The van der Waals surface area contributed by atoms with Crippen LogP contribution in [0, 0.1) is 0 Å². The molecule has 3 N–H and O–H groups in total. The van der Waals surface area contributed by atoms with E-state index >= 15 is 0 Å². The molecule has 0 saturated heterocycles. The average molecular weight is 197 g/mol. The van der Waals surface area contributed by atoms with Gasteiger partial charge in [0, 0.05) is 6.04 Å². The summed E-state index contributed by atoms with van der Waals surface area (Å²) in [5, 5.41) is 4.07. The van der Waals surface area contributed by atoms with Crippen molar-refractivity contribution in [2.45, 2.75) is 25.3 Å². The molecule has 2 nitrogen and oxygen atoms in total. The highest BCUT2D eigenvalue weighted by Gasteiger charge is 2.18. The van der Waals surface area contributed by atoms with Crippen LogP contribution in [0.4, 0.5) is 11.4 Å². The number of rotatable bonds is 2. The van der Waals surface area contributed by atoms with Crippen molar-refractivity contribution >= 4 is 23.0 Å². The lowest BCUT2D eigenvalue weighted by Gasteiger charge is -2.28. The molecule has 1 aliphatic carbocycles. The van der Waals surface area contributed by atoms with Crippen molar-refractivity contribution in [1.29, 1.82) is 0 Å². The van der Waals surface area contributed by atoms with Gasteiger partial charge in [0.25, 0.3) is 0 Å². The third-order valence-corrected chi connectivity index (χ3v) is 2.81. The van der Waals surface area contributed by atoms with Crippen molar-refractivity contribution in [1.82, 2.24) is 0 Å². The molecule has 0 radical (unpaired) electrons. The predicted molar refractivity (Wildman–Crippen MR) is 57.1 cm³/mol. The molecule has 1 aromatic carbocycles. The summed E-state index contributed by atoms with van der Waals surface area (Å²) in [4.78, 5) is 0. The van der Waals surface area contributed by atoms with E-state index in [1.165, 1.54) is 19.3 Å². The van der Waals surface area contributed by atoms with Crippen molar-refractivity contribution < 1.29 is 0 Å². The first-order valence-corrected chi connectivity index (χ1v) is 4.95. The van der Waals surface area contributed by atoms with E-state index in [-0.39, 0.29) is 0 Å². The van der Waals surface area contributed by atoms with E-state index in [0.29, 0.717) is 11.1 Å². The topological polar surface area (TPSA) is 38.0 Å². The summed E-state index contributed by atoms with van der Waals surface area (Å²) in [6, 6.07) is 6.16. The first-order chi connectivity index (χ1) is 6.27. The minimum atomic E-state index is 0.571. The maximum atomic E-state index is 6.01. The van der Waals surface area contributed by atoms with E-state index in [0.717, 1.165) is 11.4 Å². The van der Waals surface area contributed by atoms with Crippen molar-refractivity contribution in [2.24, 2.45) is 0 Å². The molecule has 70 valence electrons. The second-order valence-corrected chi connectivity index (χ2v) is 3.88. The van der Waals surface area contributed by atoms with Gasteiger partial charge in [0.15, 0.2) is 0 Å². The molecule has 1 aromatic rings. The number of nitrogens with two attached hydrogens (primary N) is 1. The maximum Gasteiger partial charge on any atom is 0.0765 e. The SMILES string of the molecule is Nc1cccc(Cl)c1NC1CCC1. The van der Waals surface area contributed by atoms with Crippen LogP contribution in [0.3, 0.4) is 0 Å². The Bertz CT molecular complexity index is 288. The summed E-state index contributed by atoms with van der Waals surface area (Å²) >= 11 is 6.01. The number of para-hydroxylation sites is 1. The second kappa shape index (κ2) is 3.46. The van der Waals surface area contributed by atoms with E-state index in [9.17, 15) is 0 Å². The molecule has 13 heavy (non-hydrogen) atoms. The molecular weight excluding hydrogens is 184 g/mol. The summed E-state index contributed by atoms with van der Waals surface area (Å²) < 4.78 is 0. The van der Waals surface area contributed by atoms with Crippen molar-refractivity contribution in [3.63, 3.8) is 0 Å². The Kier molecular flexibility index (Phi) is 2.32. The first kappa shape index (κ1) is 8.70. The Morgan fingerprint density at radius 3 is 2.69 bits per heavy atom. The van der Waals surface area contributed by atoms with Crippen LogP contribution >= 0.6 is 11.6 Å². The summed E-state index contributed by atoms with van der Waals surface area (Å²) in [5.41, 5.74) is 7.43. The van der Waals surface area contributed by atoms with Crippen LogP contribution in [0.25, 0.3) is 0 Å². The lowest BCUT2D eigenvalue weighted by molar-refractivity contribution is 0.446. The molecule has 0 heterocycles.